The number of nitrogens with zero attached hydrogens (tertiary/aromatic N) is 2. The number of piperidine rings is 1. The molecule has 1 saturated heterocycles. The molecule has 0 aromatic carbocycles. The van der Waals surface area contributed by atoms with Crippen molar-refractivity contribution in [1.29, 1.82) is 0 Å². The van der Waals surface area contributed by atoms with Gasteiger partial charge in [-0.2, -0.15) is 0 Å². The zero-order chi connectivity index (χ0) is 13.8. The number of aromatic nitrogens is 1. The number of likely N-dealkylation sites (tertiary alicyclic amines) is 1. The minimum Gasteiger partial charge on any atom is -0.348 e. The lowest BCUT2D eigenvalue weighted by atomic mass is 9.99. The van der Waals surface area contributed by atoms with Crippen molar-refractivity contribution in [3.63, 3.8) is 0 Å². The Balaban J connectivity index is 1.93. The standard InChI is InChI=1S/C13H21N5O/c1-9-7-10(5-6-18(9)2)16-13(19)12-4-3-11(17-14)8-15-12/h3-4,8-10,17H,5-7,14H2,1-2H3,(H,16,19). The van der Waals surface area contributed by atoms with E-state index in [9.17, 15) is 4.79 Å². The molecule has 2 atom stereocenters. The van der Waals surface area contributed by atoms with Crippen molar-refractivity contribution in [2.75, 3.05) is 19.0 Å². The lowest BCUT2D eigenvalue weighted by Crippen LogP contribution is -2.47. The second-order valence-electron chi connectivity index (χ2n) is 5.10. The second kappa shape index (κ2) is 5.99. The number of nitrogens with two attached hydrogens (primary N) is 1. The van der Waals surface area contributed by atoms with Crippen LogP contribution in [0.3, 0.4) is 0 Å². The molecule has 104 valence electrons. The first-order valence-electron chi connectivity index (χ1n) is 6.54. The number of hydrazine groups is 1. The molecule has 0 aliphatic carbocycles. The smallest absolute Gasteiger partial charge is 0.270 e. The molecule has 6 heteroatoms. The van der Waals surface area contributed by atoms with Gasteiger partial charge < -0.3 is 15.6 Å². The molecule has 2 rings (SSSR count). The SMILES string of the molecule is CC1CC(NC(=O)c2ccc(NN)cn2)CCN1C. The molecular formula is C13H21N5O. The van der Waals surface area contributed by atoms with Crippen molar-refractivity contribution < 1.29 is 4.79 Å². The lowest BCUT2D eigenvalue weighted by molar-refractivity contribution is 0.0891. The topological polar surface area (TPSA) is 83.3 Å². The summed E-state index contributed by atoms with van der Waals surface area (Å²) in [5.41, 5.74) is 3.59. The highest BCUT2D eigenvalue weighted by Crippen LogP contribution is 2.15. The quantitative estimate of drug-likeness (QED) is 0.549. The van der Waals surface area contributed by atoms with Crippen molar-refractivity contribution in [2.24, 2.45) is 5.84 Å². The third kappa shape index (κ3) is 3.42. The normalized spacial score (nSPS) is 23.9. The lowest BCUT2D eigenvalue weighted by Gasteiger charge is -2.35. The molecule has 1 aromatic heterocycles. The van der Waals surface area contributed by atoms with Gasteiger partial charge in [-0.25, -0.2) is 4.98 Å². The van der Waals surface area contributed by atoms with E-state index in [-0.39, 0.29) is 11.9 Å². The van der Waals surface area contributed by atoms with Crippen LogP contribution in [0.25, 0.3) is 0 Å². The molecule has 1 amide bonds. The molecule has 0 bridgehead atoms. The van der Waals surface area contributed by atoms with Crippen LogP contribution in [0, 0.1) is 0 Å². The molecule has 6 nitrogen and oxygen atoms in total. The van der Waals surface area contributed by atoms with Crippen molar-refractivity contribution in [3.05, 3.63) is 24.0 Å². The molecule has 4 N–H and O–H groups in total. The first kappa shape index (κ1) is 13.8. The summed E-state index contributed by atoms with van der Waals surface area (Å²) in [4.78, 5) is 18.5. The summed E-state index contributed by atoms with van der Waals surface area (Å²) in [6.45, 7) is 3.19. The Labute approximate surface area is 113 Å². The Kier molecular flexibility index (Phi) is 4.34. The average Bonchev–Trinajstić information content (AvgIpc) is 2.43. The molecule has 0 radical (unpaired) electrons. The van der Waals surface area contributed by atoms with Crippen LogP contribution < -0.4 is 16.6 Å². The number of pyridine rings is 1. The highest BCUT2D eigenvalue weighted by molar-refractivity contribution is 5.92. The number of nitrogen functional groups attached to an aromatic ring is 1. The maximum atomic E-state index is 12.1. The third-order valence-corrected chi connectivity index (χ3v) is 3.71. The van der Waals surface area contributed by atoms with Gasteiger partial charge in [0.25, 0.3) is 5.91 Å². The summed E-state index contributed by atoms with van der Waals surface area (Å²) in [5.74, 6) is 5.14. The number of rotatable bonds is 3. The van der Waals surface area contributed by atoms with Gasteiger partial charge in [0, 0.05) is 18.6 Å². The van der Waals surface area contributed by atoms with Gasteiger partial charge in [0.2, 0.25) is 0 Å². The first-order valence-corrected chi connectivity index (χ1v) is 6.54. The predicted molar refractivity (Wildman–Crippen MR) is 74.6 cm³/mol. The van der Waals surface area contributed by atoms with Crippen LogP contribution >= 0.6 is 0 Å². The highest BCUT2D eigenvalue weighted by atomic mass is 16.1. The molecule has 1 fully saturated rings. The molecule has 19 heavy (non-hydrogen) atoms. The Bertz CT molecular complexity index is 433. The van der Waals surface area contributed by atoms with Gasteiger partial charge in [-0.1, -0.05) is 0 Å². The zero-order valence-corrected chi connectivity index (χ0v) is 11.4. The van der Waals surface area contributed by atoms with E-state index in [0.717, 1.165) is 19.4 Å². The van der Waals surface area contributed by atoms with E-state index in [4.69, 9.17) is 5.84 Å². The second-order valence-corrected chi connectivity index (χ2v) is 5.10. The number of hydrogen-bond acceptors (Lipinski definition) is 5. The van der Waals surface area contributed by atoms with Crippen LogP contribution in [0.1, 0.15) is 30.3 Å². The fourth-order valence-corrected chi connectivity index (χ4v) is 2.29. The average molecular weight is 263 g/mol. The molecule has 0 saturated carbocycles. The number of hydrogen-bond donors (Lipinski definition) is 3. The molecule has 1 aromatic rings. The molecule has 2 heterocycles. The fraction of sp³-hybridized carbons (Fsp3) is 0.538. The van der Waals surface area contributed by atoms with E-state index >= 15 is 0 Å². The number of anilines is 1. The molecule has 0 spiro atoms. The maximum Gasteiger partial charge on any atom is 0.270 e. The van der Waals surface area contributed by atoms with Gasteiger partial charge >= 0.3 is 0 Å². The van der Waals surface area contributed by atoms with Crippen LogP contribution in [0.15, 0.2) is 18.3 Å². The fourth-order valence-electron chi connectivity index (χ4n) is 2.29. The number of nitrogens with one attached hydrogen (secondary N) is 2. The van der Waals surface area contributed by atoms with Crippen molar-refractivity contribution in [1.82, 2.24) is 15.2 Å². The van der Waals surface area contributed by atoms with Crippen LogP contribution in [-0.2, 0) is 0 Å². The minimum absolute atomic E-state index is 0.120. The molecule has 1 aliphatic heterocycles. The summed E-state index contributed by atoms with van der Waals surface area (Å²) < 4.78 is 0. The van der Waals surface area contributed by atoms with Crippen molar-refractivity contribution in [3.8, 4) is 0 Å². The Hall–Kier alpha value is -1.66. The Morgan fingerprint density at radius 2 is 2.32 bits per heavy atom. The van der Waals surface area contributed by atoms with Gasteiger partial charge in [-0.05, 0) is 38.9 Å². The first-order chi connectivity index (χ1) is 9.10. The van der Waals surface area contributed by atoms with Crippen LogP contribution in [0.4, 0.5) is 5.69 Å². The number of carbonyl (C=O) groups is 1. The summed E-state index contributed by atoms with van der Waals surface area (Å²) >= 11 is 0. The van der Waals surface area contributed by atoms with Gasteiger partial charge in [0.1, 0.15) is 5.69 Å². The van der Waals surface area contributed by atoms with Crippen molar-refractivity contribution >= 4 is 11.6 Å². The minimum atomic E-state index is -0.120. The molecule has 2 unspecified atom stereocenters. The van der Waals surface area contributed by atoms with Crippen molar-refractivity contribution in [2.45, 2.75) is 31.8 Å². The summed E-state index contributed by atoms with van der Waals surface area (Å²) in [6.07, 6.45) is 3.51. The van der Waals surface area contributed by atoms with Gasteiger partial charge in [0.15, 0.2) is 0 Å². The largest absolute Gasteiger partial charge is 0.348 e. The van der Waals surface area contributed by atoms with Gasteiger partial charge in [-0.3, -0.25) is 10.6 Å². The van der Waals surface area contributed by atoms with E-state index in [1.807, 2.05) is 0 Å². The highest BCUT2D eigenvalue weighted by Gasteiger charge is 2.24. The van der Waals surface area contributed by atoms with Gasteiger partial charge in [-0.15, -0.1) is 0 Å². The van der Waals surface area contributed by atoms with Crippen LogP contribution in [0.2, 0.25) is 0 Å². The molecular weight excluding hydrogens is 242 g/mol. The number of carbonyl (C=O) groups excluding carboxylic acids is 1. The third-order valence-electron chi connectivity index (χ3n) is 3.71. The number of amides is 1. The zero-order valence-electron chi connectivity index (χ0n) is 11.4. The monoisotopic (exact) mass is 263 g/mol. The van der Waals surface area contributed by atoms with E-state index in [0.29, 0.717) is 17.4 Å². The van der Waals surface area contributed by atoms with Crippen LogP contribution in [0.5, 0.6) is 0 Å². The Morgan fingerprint density at radius 1 is 1.53 bits per heavy atom. The van der Waals surface area contributed by atoms with E-state index in [1.165, 1.54) is 0 Å². The van der Waals surface area contributed by atoms with Crippen LogP contribution in [-0.4, -0.2) is 41.5 Å². The summed E-state index contributed by atoms with van der Waals surface area (Å²) in [7, 11) is 2.11. The van der Waals surface area contributed by atoms with Gasteiger partial charge in [0.05, 0.1) is 11.9 Å². The maximum absolute atomic E-state index is 12.1. The molecule has 1 aliphatic rings. The summed E-state index contributed by atoms with van der Waals surface area (Å²) in [5, 5.41) is 3.04. The van der Waals surface area contributed by atoms with E-state index < -0.39 is 0 Å². The van der Waals surface area contributed by atoms with E-state index in [1.54, 1.807) is 18.3 Å². The Morgan fingerprint density at radius 3 is 2.89 bits per heavy atom. The van der Waals surface area contributed by atoms with E-state index in [2.05, 4.69) is 34.6 Å². The predicted octanol–water partition coefficient (Wildman–Crippen LogP) is 0.580. The summed E-state index contributed by atoms with van der Waals surface area (Å²) in [6, 6.07) is 4.13.